The minimum atomic E-state index is -0.322. The van der Waals surface area contributed by atoms with E-state index in [1.54, 1.807) is 18.2 Å². The lowest BCUT2D eigenvalue weighted by molar-refractivity contribution is 0.339. The summed E-state index contributed by atoms with van der Waals surface area (Å²) in [6, 6.07) is 11.8. The van der Waals surface area contributed by atoms with Crippen LogP contribution in [0.3, 0.4) is 0 Å². The molecule has 2 rings (SSSR count). The number of hydrogen-bond acceptors (Lipinski definition) is 3. The highest BCUT2D eigenvalue weighted by molar-refractivity contribution is 5.37. The van der Waals surface area contributed by atoms with E-state index in [9.17, 15) is 4.39 Å². The molecule has 0 saturated carbocycles. The van der Waals surface area contributed by atoms with Crippen LogP contribution >= 0.6 is 0 Å². The largest absolute Gasteiger partial charge is 0.494 e. The molecule has 0 amide bonds. The number of nitrogens with two attached hydrogens (primary N) is 1. The van der Waals surface area contributed by atoms with Crippen LogP contribution in [0, 0.1) is 5.82 Å². The number of ether oxygens (including phenoxy) is 2. The van der Waals surface area contributed by atoms with E-state index in [1.165, 1.54) is 12.1 Å². The van der Waals surface area contributed by atoms with Gasteiger partial charge in [-0.2, -0.15) is 0 Å². The second kappa shape index (κ2) is 6.91. The maximum absolute atomic E-state index is 13.5. The molecule has 0 radical (unpaired) electrons. The lowest BCUT2D eigenvalue weighted by Gasteiger charge is -2.09. The fraction of sp³-hybridized carbons (Fsp3) is 0.250. The first-order chi connectivity index (χ1) is 9.71. The topological polar surface area (TPSA) is 44.5 Å². The van der Waals surface area contributed by atoms with Crippen LogP contribution in [0.2, 0.25) is 0 Å². The summed E-state index contributed by atoms with van der Waals surface area (Å²) in [5, 5.41) is 0. The van der Waals surface area contributed by atoms with Crippen molar-refractivity contribution in [3.8, 4) is 17.2 Å². The highest BCUT2D eigenvalue weighted by atomic mass is 19.1. The Kier molecular flexibility index (Phi) is 4.96. The molecule has 0 heterocycles. The smallest absolute Gasteiger partial charge is 0.130 e. The molecular formula is C16H18FNO2. The molecule has 0 atom stereocenters. The first kappa shape index (κ1) is 14.3. The molecule has 0 aromatic heterocycles. The van der Waals surface area contributed by atoms with Crippen LogP contribution in [-0.4, -0.2) is 13.2 Å². The third kappa shape index (κ3) is 3.96. The Labute approximate surface area is 118 Å². The predicted octanol–water partition coefficient (Wildman–Crippen LogP) is 3.52. The van der Waals surface area contributed by atoms with Crippen molar-refractivity contribution in [2.24, 2.45) is 5.73 Å². The van der Waals surface area contributed by atoms with Crippen LogP contribution in [0.1, 0.15) is 12.5 Å². The Morgan fingerprint density at radius 3 is 2.35 bits per heavy atom. The first-order valence-corrected chi connectivity index (χ1v) is 6.61. The maximum Gasteiger partial charge on any atom is 0.130 e. The number of benzene rings is 2. The molecule has 0 saturated heterocycles. The van der Waals surface area contributed by atoms with Gasteiger partial charge in [0.05, 0.1) is 6.61 Å². The van der Waals surface area contributed by atoms with Crippen LogP contribution in [0.4, 0.5) is 4.39 Å². The van der Waals surface area contributed by atoms with E-state index in [4.69, 9.17) is 15.2 Å². The van der Waals surface area contributed by atoms with Crippen LogP contribution in [-0.2, 0) is 6.42 Å². The van der Waals surface area contributed by atoms with E-state index in [0.29, 0.717) is 31.1 Å². The Morgan fingerprint density at radius 1 is 1.00 bits per heavy atom. The minimum absolute atomic E-state index is 0.322. The standard InChI is InChI=1S/C16H18FNO2/c1-2-19-14-3-5-15(6-4-14)20-16-10-12(7-8-18)9-13(17)11-16/h3-6,9-11H,2,7-8,18H2,1H3. The van der Waals surface area contributed by atoms with E-state index >= 15 is 0 Å². The van der Waals surface area contributed by atoms with Gasteiger partial charge in [0.2, 0.25) is 0 Å². The highest BCUT2D eigenvalue weighted by Crippen LogP contribution is 2.25. The number of halogens is 1. The van der Waals surface area contributed by atoms with Crippen molar-refractivity contribution in [3.05, 3.63) is 53.8 Å². The Morgan fingerprint density at radius 2 is 1.70 bits per heavy atom. The summed E-state index contributed by atoms with van der Waals surface area (Å²) < 4.78 is 24.5. The van der Waals surface area contributed by atoms with Gasteiger partial charge in [-0.05, 0) is 61.9 Å². The summed E-state index contributed by atoms with van der Waals surface area (Å²) in [5.41, 5.74) is 6.31. The van der Waals surface area contributed by atoms with Crippen LogP contribution in [0.5, 0.6) is 17.2 Å². The molecular weight excluding hydrogens is 257 g/mol. The first-order valence-electron chi connectivity index (χ1n) is 6.61. The van der Waals surface area contributed by atoms with Crippen molar-refractivity contribution < 1.29 is 13.9 Å². The molecule has 0 unspecified atom stereocenters. The molecule has 2 aromatic carbocycles. The van der Waals surface area contributed by atoms with Gasteiger partial charge in [0.25, 0.3) is 0 Å². The second-order valence-electron chi connectivity index (χ2n) is 4.34. The molecule has 3 nitrogen and oxygen atoms in total. The van der Waals surface area contributed by atoms with Gasteiger partial charge in [0, 0.05) is 6.07 Å². The Balaban J connectivity index is 2.12. The Bertz CT molecular complexity index is 555. The SMILES string of the molecule is CCOc1ccc(Oc2cc(F)cc(CCN)c2)cc1. The molecule has 106 valence electrons. The molecule has 20 heavy (non-hydrogen) atoms. The third-order valence-electron chi connectivity index (χ3n) is 2.73. The van der Waals surface area contributed by atoms with Crippen LogP contribution < -0.4 is 15.2 Å². The molecule has 4 heteroatoms. The number of hydrogen-bond donors (Lipinski definition) is 1. The van der Waals surface area contributed by atoms with Gasteiger partial charge in [-0.15, -0.1) is 0 Å². The normalized spacial score (nSPS) is 10.3. The van der Waals surface area contributed by atoms with Crippen molar-refractivity contribution in [1.82, 2.24) is 0 Å². The molecule has 2 aromatic rings. The molecule has 0 spiro atoms. The van der Waals surface area contributed by atoms with Gasteiger partial charge in [0.1, 0.15) is 23.1 Å². The molecule has 0 aliphatic rings. The van der Waals surface area contributed by atoms with E-state index in [1.807, 2.05) is 19.1 Å². The lowest BCUT2D eigenvalue weighted by Crippen LogP contribution is -2.03. The fourth-order valence-electron chi connectivity index (χ4n) is 1.90. The maximum atomic E-state index is 13.5. The van der Waals surface area contributed by atoms with E-state index in [0.717, 1.165) is 11.3 Å². The second-order valence-corrected chi connectivity index (χ2v) is 4.34. The van der Waals surface area contributed by atoms with Crippen molar-refractivity contribution in [2.75, 3.05) is 13.2 Å². The molecule has 0 aliphatic heterocycles. The van der Waals surface area contributed by atoms with Gasteiger partial charge >= 0.3 is 0 Å². The van der Waals surface area contributed by atoms with Crippen molar-refractivity contribution in [1.29, 1.82) is 0 Å². The summed E-state index contributed by atoms with van der Waals surface area (Å²) in [6.07, 6.45) is 0.622. The Hall–Kier alpha value is -2.07. The fourth-order valence-corrected chi connectivity index (χ4v) is 1.90. The molecule has 0 fully saturated rings. The zero-order chi connectivity index (χ0) is 14.4. The van der Waals surface area contributed by atoms with Crippen molar-refractivity contribution in [3.63, 3.8) is 0 Å². The summed E-state index contributed by atoms with van der Waals surface area (Å²) in [5.74, 6) is 1.56. The van der Waals surface area contributed by atoms with Crippen LogP contribution in [0.15, 0.2) is 42.5 Å². The van der Waals surface area contributed by atoms with Gasteiger partial charge in [-0.25, -0.2) is 4.39 Å². The quantitative estimate of drug-likeness (QED) is 0.877. The zero-order valence-corrected chi connectivity index (χ0v) is 11.4. The molecule has 0 bridgehead atoms. The monoisotopic (exact) mass is 275 g/mol. The number of rotatable bonds is 6. The van der Waals surface area contributed by atoms with Crippen LogP contribution in [0.25, 0.3) is 0 Å². The summed E-state index contributed by atoms with van der Waals surface area (Å²) >= 11 is 0. The summed E-state index contributed by atoms with van der Waals surface area (Å²) in [6.45, 7) is 3.02. The highest BCUT2D eigenvalue weighted by Gasteiger charge is 2.03. The van der Waals surface area contributed by atoms with Gasteiger partial charge < -0.3 is 15.2 Å². The van der Waals surface area contributed by atoms with Crippen molar-refractivity contribution >= 4 is 0 Å². The van der Waals surface area contributed by atoms with Gasteiger partial charge in [0.15, 0.2) is 0 Å². The summed E-state index contributed by atoms with van der Waals surface area (Å²) in [4.78, 5) is 0. The molecule has 0 aliphatic carbocycles. The van der Waals surface area contributed by atoms with E-state index in [2.05, 4.69) is 0 Å². The van der Waals surface area contributed by atoms with Gasteiger partial charge in [-0.3, -0.25) is 0 Å². The summed E-state index contributed by atoms with van der Waals surface area (Å²) in [7, 11) is 0. The van der Waals surface area contributed by atoms with Crippen molar-refractivity contribution in [2.45, 2.75) is 13.3 Å². The lowest BCUT2D eigenvalue weighted by atomic mass is 10.1. The minimum Gasteiger partial charge on any atom is -0.494 e. The van der Waals surface area contributed by atoms with E-state index in [-0.39, 0.29) is 5.82 Å². The zero-order valence-electron chi connectivity index (χ0n) is 11.4. The van der Waals surface area contributed by atoms with Gasteiger partial charge in [-0.1, -0.05) is 0 Å². The third-order valence-corrected chi connectivity index (χ3v) is 2.73. The van der Waals surface area contributed by atoms with E-state index < -0.39 is 0 Å². The average Bonchev–Trinajstić information content (AvgIpc) is 2.41. The average molecular weight is 275 g/mol. The molecule has 2 N–H and O–H groups in total. The predicted molar refractivity (Wildman–Crippen MR) is 76.8 cm³/mol.